The molecule has 4 heterocycles. The zero-order valence-electron chi connectivity index (χ0n) is 13.6. The fourth-order valence-electron chi connectivity index (χ4n) is 3.62. The molecule has 2 saturated heterocycles. The molecular formula is C15H17F3N6S. The predicted molar refractivity (Wildman–Crippen MR) is 87.8 cm³/mol. The molecule has 0 aromatic carbocycles. The van der Waals surface area contributed by atoms with Crippen LogP contribution in [-0.2, 0) is 6.18 Å². The van der Waals surface area contributed by atoms with Gasteiger partial charge in [-0.2, -0.15) is 17.5 Å². The Morgan fingerprint density at radius 3 is 2.72 bits per heavy atom. The molecule has 0 N–H and O–H groups in total. The number of nitrogens with zero attached hydrogens (tertiary/aromatic N) is 6. The zero-order valence-corrected chi connectivity index (χ0v) is 14.4. The minimum Gasteiger partial charge on any atom is -0.342 e. The van der Waals surface area contributed by atoms with Crippen LogP contribution in [0.5, 0.6) is 0 Å². The van der Waals surface area contributed by atoms with E-state index >= 15 is 0 Å². The lowest BCUT2D eigenvalue weighted by molar-refractivity contribution is -0.141. The molecule has 4 rings (SSSR count). The van der Waals surface area contributed by atoms with Crippen molar-refractivity contribution >= 4 is 22.6 Å². The van der Waals surface area contributed by atoms with Crippen LogP contribution in [0.2, 0.25) is 0 Å². The Hall–Kier alpha value is -1.97. The molecule has 2 atom stereocenters. The molecule has 134 valence electrons. The summed E-state index contributed by atoms with van der Waals surface area (Å²) >= 11 is 1.37. The van der Waals surface area contributed by atoms with Gasteiger partial charge in [0.25, 0.3) is 0 Å². The highest BCUT2D eigenvalue weighted by atomic mass is 32.1. The molecule has 0 bridgehead atoms. The Labute approximate surface area is 146 Å². The van der Waals surface area contributed by atoms with E-state index in [-0.39, 0.29) is 12.0 Å². The SMILES string of the molecule is Cc1nsc(N2CCC3CCN(c4nccc(C(F)(F)F)n4)CC32)n1. The van der Waals surface area contributed by atoms with Crippen LogP contribution >= 0.6 is 11.5 Å². The molecule has 10 heteroatoms. The average Bonchev–Trinajstić information content (AvgIpc) is 3.19. The number of rotatable bonds is 2. The normalized spacial score (nSPS) is 23.8. The van der Waals surface area contributed by atoms with Gasteiger partial charge in [0.1, 0.15) is 11.5 Å². The molecule has 0 radical (unpaired) electrons. The molecule has 2 aliphatic rings. The highest BCUT2D eigenvalue weighted by Gasteiger charge is 2.41. The van der Waals surface area contributed by atoms with Gasteiger partial charge in [-0.25, -0.2) is 15.0 Å². The van der Waals surface area contributed by atoms with E-state index in [9.17, 15) is 13.2 Å². The minimum absolute atomic E-state index is 0.147. The van der Waals surface area contributed by atoms with Gasteiger partial charge in [-0.1, -0.05) is 0 Å². The molecule has 6 nitrogen and oxygen atoms in total. The first-order chi connectivity index (χ1) is 11.9. The average molecular weight is 370 g/mol. The van der Waals surface area contributed by atoms with Gasteiger partial charge in [-0.3, -0.25) is 0 Å². The summed E-state index contributed by atoms with van der Waals surface area (Å²) in [6, 6.07) is 1.11. The van der Waals surface area contributed by atoms with E-state index in [2.05, 4.69) is 24.2 Å². The third kappa shape index (κ3) is 3.14. The van der Waals surface area contributed by atoms with Crippen molar-refractivity contribution in [3.8, 4) is 0 Å². The highest BCUT2D eigenvalue weighted by molar-refractivity contribution is 7.09. The minimum atomic E-state index is -4.46. The van der Waals surface area contributed by atoms with Crippen molar-refractivity contribution in [2.45, 2.75) is 32.0 Å². The lowest BCUT2D eigenvalue weighted by Gasteiger charge is -2.38. The molecule has 0 aliphatic carbocycles. The van der Waals surface area contributed by atoms with Crippen LogP contribution < -0.4 is 9.80 Å². The van der Waals surface area contributed by atoms with Crippen LogP contribution in [0.4, 0.5) is 24.3 Å². The van der Waals surface area contributed by atoms with Crippen molar-refractivity contribution in [2.75, 3.05) is 29.4 Å². The van der Waals surface area contributed by atoms with E-state index in [1.165, 1.54) is 17.7 Å². The van der Waals surface area contributed by atoms with Gasteiger partial charge in [-0.15, -0.1) is 0 Å². The number of fused-ring (bicyclic) bond motifs is 1. The Kier molecular flexibility index (Phi) is 4.01. The van der Waals surface area contributed by atoms with Crippen molar-refractivity contribution in [1.82, 2.24) is 19.3 Å². The van der Waals surface area contributed by atoms with E-state index in [0.717, 1.165) is 36.4 Å². The van der Waals surface area contributed by atoms with Crippen molar-refractivity contribution in [2.24, 2.45) is 5.92 Å². The van der Waals surface area contributed by atoms with E-state index in [4.69, 9.17) is 0 Å². The topological polar surface area (TPSA) is 58.0 Å². The molecule has 25 heavy (non-hydrogen) atoms. The summed E-state index contributed by atoms with van der Waals surface area (Å²) in [5.41, 5.74) is -0.900. The van der Waals surface area contributed by atoms with Crippen LogP contribution in [0.25, 0.3) is 0 Å². The van der Waals surface area contributed by atoms with Gasteiger partial charge in [0.05, 0.1) is 6.04 Å². The van der Waals surface area contributed by atoms with Gasteiger partial charge < -0.3 is 9.80 Å². The monoisotopic (exact) mass is 370 g/mol. The van der Waals surface area contributed by atoms with Gasteiger partial charge >= 0.3 is 6.18 Å². The first-order valence-corrected chi connectivity index (χ1v) is 8.91. The fourth-order valence-corrected chi connectivity index (χ4v) is 4.38. The molecule has 0 saturated carbocycles. The van der Waals surface area contributed by atoms with E-state index < -0.39 is 11.9 Å². The largest absolute Gasteiger partial charge is 0.433 e. The van der Waals surface area contributed by atoms with Gasteiger partial charge in [0.2, 0.25) is 11.1 Å². The Balaban J connectivity index is 1.56. The Morgan fingerprint density at radius 2 is 2.00 bits per heavy atom. The molecule has 0 spiro atoms. The van der Waals surface area contributed by atoms with Crippen molar-refractivity contribution in [3.05, 3.63) is 23.8 Å². The Morgan fingerprint density at radius 1 is 1.20 bits per heavy atom. The summed E-state index contributed by atoms with van der Waals surface area (Å²) in [7, 11) is 0. The van der Waals surface area contributed by atoms with Crippen LogP contribution in [0.15, 0.2) is 12.3 Å². The number of anilines is 2. The van der Waals surface area contributed by atoms with Gasteiger partial charge in [0.15, 0.2) is 0 Å². The van der Waals surface area contributed by atoms with Crippen LogP contribution in [0.3, 0.4) is 0 Å². The standard InChI is InChI=1S/C15H17F3N6S/c1-9-20-14(25-22-9)24-7-4-10-3-6-23(8-11(10)24)13-19-5-2-12(21-13)15(16,17)18/h2,5,10-11H,3-4,6-8H2,1H3. The summed E-state index contributed by atoms with van der Waals surface area (Å²) < 4.78 is 43.0. The molecular weight excluding hydrogens is 353 g/mol. The lowest BCUT2D eigenvalue weighted by atomic mass is 9.92. The second-order valence-electron chi connectivity index (χ2n) is 6.41. The number of piperidine rings is 1. The summed E-state index contributed by atoms with van der Waals surface area (Å²) in [4.78, 5) is 16.3. The first-order valence-electron chi connectivity index (χ1n) is 8.14. The molecule has 2 aromatic rings. The molecule has 2 aromatic heterocycles. The number of alkyl halides is 3. The second kappa shape index (κ2) is 6.08. The van der Waals surface area contributed by atoms with Gasteiger partial charge in [-0.05, 0) is 31.7 Å². The maximum atomic E-state index is 12.9. The summed E-state index contributed by atoms with van der Waals surface area (Å²) in [5.74, 6) is 1.41. The third-order valence-corrected chi connectivity index (χ3v) is 5.69. The quantitative estimate of drug-likeness (QED) is 0.810. The number of hydrogen-bond acceptors (Lipinski definition) is 7. The molecule has 2 unspecified atom stereocenters. The van der Waals surface area contributed by atoms with Crippen LogP contribution in [0, 0.1) is 12.8 Å². The zero-order chi connectivity index (χ0) is 17.6. The van der Waals surface area contributed by atoms with E-state index in [0.29, 0.717) is 19.0 Å². The predicted octanol–water partition coefficient (Wildman–Crippen LogP) is 2.76. The summed E-state index contributed by atoms with van der Waals surface area (Å²) in [5, 5.41) is 0.886. The smallest absolute Gasteiger partial charge is 0.342 e. The number of aryl methyl sites for hydroxylation is 1. The Bertz CT molecular complexity index is 764. The maximum Gasteiger partial charge on any atom is 0.433 e. The number of hydrogen-bond donors (Lipinski definition) is 0. The van der Waals surface area contributed by atoms with E-state index in [1.54, 1.807) is 0 Å². The molecule has 2 fully saturated rings. The molecule has 2 aliphatic heterocycles. The highest BCUT2D eigenvalue weighted by Crippen LogP contribution is 2.37. The van der Waals surface area contributed by atoms with Crippen molar-refractivity contribution in [1.29, 1.82) is 0 Å². The van der Waals surface area contributed by atoms with E-state index in [1.807, 2.05) is 11.8 Å². The van der Waals surface area contributed by atoms with Crippen molar-refractivity contribution in [3.63, 3.8) is 0 Å². The molecule has 0 amide bonds. The fraction of sp³-hybridized carbons (Fsp3) is 0.600. The van der Waals surface area contributed by atoms with Gasteiger partial charge in [0, 0.05) is 37.4 Å². The number of aromatic nitrogens is 4. The van der Waals surface area contributed by atoms with Crippen LogP contribution in [-0.4, -0.2) is 45.0 Å². The second-order valence-corrected chi connectivity index (χ2v) is 7.14. The van der Waals surface area contributed by atoms with Crippen LogP contribution in [0.1, 0.15) is 24.4 Å². The summed E-state index contributed by atoms with van der Waals surface area (Å²) in [6.45, 7) is 4.04. The summed E-state index contributed by atoms with van der Waals surface area (Å²) in [6.07, 6.45) is -1.30. The van der Waals surface area contributed by atoms with Crippen molar-refractivity contribution < 1.29 is 13.2 Å². The maximum absolute atomic E-state index is 12.9. The third-order valence-electron chi connectivity index (χ3n) is 4.84. The first kappa shape index (κ1) is 16.5. The lowest BCUT2D eigenvalue weighted by Crippen LogP contribution is -2.49. The number of halogens is 3.